The summed E-state index contributed by atoms with van der Waals surface area (Å²) in [6.45, 7) is 5.86. The third-order valence-corrected chi connectivity index (χ3v) is 2.17. The predicted molar refractivity (Wildman–Crippen MR) is 47.1 cm³/mol. The first kappa shape index (κ1) is 10.2. The SMILES string of the molecule is [CH2]CC(Cl)C(N)CCCC. The van der Waals surface area contributed by atoms with Gasteiger partial charge in [-0.25, -0.2) is 0 Å². The topological polar surface area (TPSA) is 26.0 Å². The lowest BCUT2D eigenvalue weighted by Crippen LogP contribution is -2.30. The zero-order chi connectivity index (χ0) is 7.98. The number of rotatable bonds is 5. The molecule has 0 fully saturated rings. The van der Waals surface area contributed by atoms with E-state index in [1.54, 1.807) is 0 Å². The molecule has 2 atom stereocenters. The maximum atomic E-state index is 5.86. The van der Waals surface area contributed by atoms with Crippen LogP contribution in [0, 0.1) is 6.92 Å². The molecule has 0 heterocycles. The molecule has 0 aliphatic rings. The van der Waals surface area contributed by atoms with Crippen LogP contribution in [0.1, 0.15) is 32.6 Å². The largest absolute Gasteiger partial charge is 0.326 e. The molecule has 0 aliphatic heterocycles. The molecule has 2 heteroatoms. The number of hydrogen-bond acceptors (Lipinski definition) is 1. The Labute approximate surface area is 68.9 Å². The van der Waals surface area contributed by atoms with E-state index in [1.807, 2.05) is 0 Å². The zero-order valence-corrected chi connectivity index (χ0v) is 7.40. The lowest BCUT2D eigenvalue weighted by Gasteiger charge is -2.15. The molecule has 2 unspecified atom stereocenters. The number of unbranched alkanes of at least 4 members (excludes halogenated alkanes) is 1. The van der Waals surface area contributed by atoms with Crippen LogP contribution in [0.5, 0.6) is 0 Å². The molecule has 61 valence electrons. The van der Waals surface area contributed by atoms with Gasteiger partial charge < -0.3 is 5.73 Å². The molecule has 2 N–H and O–H groups in total. The van der Waals surface area contributed by atoms with Gasteiger partial charge in [-0.1, -0.05) is 26.7 Å². The summed E-state index contributed by atoms with van der Waals surface area (Å²) in [4.78, 5) is 0. The van der Waals surface area contributed by atoms with Gasteiger partial charge in [-0.05, 0) is 12.8 Å². The van der Waals surface area contributed by atoms with Crippen LogP contribution in [-0.4, -0.2) is 11.4 Å². The first-order valence-electron chi connectivity index (χ1n) is 3.91. The standard InChI is InChI=1S/C8H17ClN/c1-3-5-6-8(10)7(9)4-2/h7-8H,2-6,10H2,1H3. The van der Waals surface area contributed by atoms with Gasteiger partial charge in [-0.2, -0.15) is 0 Å². The fourth-order valence-electron chi connectivity index (χ4n) is 0.835. The Morgan fingerprint density at radius 1 is 1.60 bits per heavy atom. The summed E-state index contributed by atoms with van der Waals surface area (Å²) in [5.41, 5.74) is 5.74. The van der Waals surface area contributed by atoms with Gasteiger partial charge in [0.1, 0.15) is 0 Å². The summed E-state index contributed by atoms with van der Waals surface area (Å²) in [6.07, 6.45) is 4.12. The van der Waals surface area contributed by atoms with Gasteiger partial charge in [0.15, 0.2) is 0 Å². The predicted octanol–water partition coefficient (Wildman–Crippen LogP) is 2.34. The first-order valence-corrected chi connectivity index (χ1v) is 4.34. The van der Waals surface area contributed by atoms with E-state index in [9.17, 15) is 0 Å². The lowest BCUT2D eigenvalue weighted by atomic mass is 10.1. The monoisotopic (exact) mass is 162 g/mol. The van der Waals surface area contributed by atoms with E-state index in [-0.39, 0.29) is 11.4 Å². The highest BCUT2D eigenvalue weighted by atomic mass is 35.5. The zero-order valence-electron chi connectivity index (χ0n) is 6.65. The van der Waals surface area contributed by atoms with Gasteiger partial charge >= 0.3 is 0 Å². The van der Waals surface area contributed by atoms with Crippen molar-refractivity contribution < 1.29 is 0 Å². The number of halogens is 1. The minimum atomic E-state index is 0.0616. The second-order valence-corrected chi connectivity index (χ2v) is 3.17. The van der Waals surface area contributed by atoms with Gasteiger partial charge in [-0.15, -0.1) is 11.6 Å². The summed E-state index contributed by atoms with van der Waals surface area (Å²) in [7, 11) is 0. The Morgan fingerprint density at radius 3 is 2.60 bits per heavy atom. The molecule has 0 saturated carbocycles. The Kier molecular flexibility index (Phi) is 6.14. The minimum Gasteiger partial charge on any atom is -0.326 e. The molecule has 0 aliphatic carbocycles. The highest BCUT2D eigenvalue weighted by Gasteiger charge is 2.10. The Morgan fingerprint density at radius 2 is 2.20 bits per heavy atom. The number of hydrogen-bond donors (Lipinski definition) is 1. The second kappa shape index (κ2) is 5.99. The van der Waals surface area contributed by atoms with Gasteiger partial charge in [0.05, 0.1) is 0 Å². The summed E-state index contributed by atoms with van der Waals surface area (Å²) >= 11 is 5.86. The molecule has 0 saturated heterocycles. The van der Waals surface area contributed by atoms with Crippen molar-refractivity contribution in [2.24, 2.45) is 5.73 Å². The van der Waals surface area contributed by atoms with Crippen LogP contribution in [-0.2, 0) is 0 Å². The molecule has 0 bridgehead atoms. The van der Waals surface area contributed by atoms with Crippen LogP contribution in [0.4, 0.5) is 0 Å². The third kappa shape index (κ3) is 4.13. The maximum Gasteiger partial charge on any atom is 0.0487 e. The molecule has 0 amide bonds. The number of alkyl halides is 1. The highest BCUT2D eigenvalue weighted by molar-refractivity contribution is 6.21. The van der Waals surface area contributed by atoms with Crippen molar-refractivity contribution in [1.82, 2.24) is 0 Å². The summed E-state index contributed by atoms with van der Waals surface area (Å²) in [5, 5.41) is 0.0616. The van der Waals surface area contributed by atoms with Crippen LogP contribution in [0.25, 0.3) is 0 Å². The van der Waals surface area contributed by atoms with Crippen LogP contribution < -0.4 is 5.73 Å². The summed E-state index contributed by atoms with van der Waals surface area (Å²) < 4.78 is 0. The fraction of sp³-hybridized carbons (Fsp3) is 0.875. The molecule has 1 radical (unpaired) electrons. The van der Waals surface area contributed by atoms with Crippen LogP contribution in [0.15, 0.2) is 0 Å². The second-order valence-electron chi connectivity index (χ2n) is 2.61. The highest BCUT2D eigenvalue weighted by Crippen LogP contribution is 2.10. The van der Waals surface area contributed by atoms with Crippen molar-refractivity contribution in [3.63, 3.8) is 0 Å². The van der Waals surface area contributed by atoms with Gasteiger partial charge in [0, 0.05) is 11.4 Å². The van der Waals surface area contributed by atoms with E-state index in [0.717, 1.165) is 12.8 Å². The third-order valence-electron chi connectivity index (χ3n) is 1.63. The number of nitrogens with two attached hydrogens (primary N) is 1. The smallest absolute Gasteiger partial charge is 0.0487 e. The van der Waals surface area contributed by atoms with Gasteiger partial charge in [-0.3, -0.25) is 0 Å². The molecule has 0 spiro atoms. The molecular formula is C8H17ClN. The average molecular weight is 163 g/mol. The minimum absolute atomic E-state index is 0.0616. The Bertz CT molecular complexity index is 75.7. The molecule has 0 aromatic rings. The van der Waals surface area contributed by atoms with Crippen LogP contribution in [0.3, 0.4) is 0 Å². The van der Waals surface area contributed by atoms with E-state index >= 15 is 0 Å². The van der Waals surface area contributed by atoms with Gasteiger partial charge in [0.2, 0.25) is 0 Å². The van der Waals surface area contributed by atoms with Gasteiger partial charge in [0.25, 0.3) is 0 Å². The lowest BCUT2D eigenvalue weighted by molar-refractivity contribution is 0.551. The molecule has 0 rings (SSSR count). The quantitative estimate of drug-likeness (QED) is 0.618. The first-order chi connectivity index (χ1) is 4.72. The average Bonchev–Trinajstić information content (AvgIpc) is 1.98. The van der Waals surface area contributed by atoms with Crippen molar-refractivity contribution in [3.05, 3.63) is 6.92 Å². The van der Waals surface area contributed by atoms with E-state index in [2.05, 4.69) is 13.8 Å². The summed E-state index contributed by atoms with van der Waals surface area (Å²) in [5.74, 6) is 0. The Hall–Kier alpha value is 0.250. The van der Waals surface area contributed by atoms with Crippen molar-refractivity contribution >= 4 is 11.6 Å². The maximum absolute atomic E-state index is 5.86. The van der Waals surface area contributed by atoms with Crippen molar-refractivity contribution in [2.45, 2.75) is 44.0 Å². The van der Waals surface area contributed by atoms with Crippen LogP contribution >= 0.6 is 11.6 Å². The molecule has 0 aromatic carbocycles. The van der Waals surface area contributed by atoms with Crippen molar-refractivity contribution in [3.8, 4) is 0 Å². The van der Waals surface area contributed by atoms with Crippen molar-refractivity contribution in [2.75, 3.05) is 0 Å². The fourth-order valence-corrected chi connectivity index (χ4v) is 0.961. The molecule has 0 aromatic heterocycles. The van der Waals surface area contributed by atoms with E-state index in [1.165, 1.54) is 12.8 Å². The van der Waals surface area contributed by atoms with E-state index in [0.29, 0.717) is 0 Å². The molecule has 10 heavy (non-hydrogen) atoms. The normalized spacial score (nSPS) is 16.8. The van der Waals surface area contributed by atoms with E-state index < -0.39 is 0 Å². The Balaban J connectivity index is 3.31. The summed E-state index contributed by atoms with van der Waals surface area (Å²) in [6, 6.07) is 0.138. The van der Waals surface area contributed by atoms with Crippen molar-refractivity contribution in [1.29, 1.82) is 0 Å². The van der Waals surface area contributed by atoms with Crippen LogP contribution in [0.2, 0.25) is 0 Å². The molecule has 1 nitrogen and oxygen atoms in total. The van der Waals surface area contributed by atoms with E-state index in [4.69, 9.17) is 17.3 Å². The molecular weight excluding hydrogens is 146 g/mol.